The quantitative estimate of drug-likeness (QED) is 0.899. The molecule has 0 aliphatic carbocycles. The minimum Gasteiger partial charge on any atom is -0.476 e. The fourth-order valence-corrected chi connectivity index (χ4v) is 2.22. The molecule has 0 aliphatic heterocycles. The molecule has 2 aromatic rings. The van der Waals surface area contributed by atoms with E-state index in [1.165, 1.54) is 12.1 Å². The summed E-state index contributed by atoms with van der Waals surface area (Å²) in [5.74, 6) is -2.05. The van der Waals surface area contributed by atoms with Crippen molar-refractivity contribution in [2.75, 3.05) is 0 Å². The zero-order valence-electron chi connectivity index (χ0n) is 13.6. The van der Waals surface area contributed by atoms with Gasteiger partial charge >= 0.3 is 5.97 Å². The van der Waals surface area contributed by atoms with Gasteiger partial charge in [0.25, 0.3) is 5.91 Å². The van der Waals surface area contributed by atoms with Crippen LogP contribution in [0, 0.1) is 11.2 Å². The van der Waals surface area contributed by atoms with E-state index in [0.717, 1.165) is 18.0 Å². The van der Waals surface area contributed by atoms with Crippen LogP contribution in [-0.4, -0.2) is 27.0 Å². The van der Waals surface area contributed by atoms with Gasteiger partial charge in [-0.25, -0.2) is 19.2 Å². The Balaban J connectivity index is 2.24. The van der Waals surface area contributed by atoms with Gasteiger partial charge in [0.2, 0.25) is 0 Å². The van der Waals surface area contributed by atoms with E-state index in [1.807, 2.05) is 20.8 Å². The van der Waals surface area contributed by atoms with Crippen molar-refractivity contribution in [3.8, 4) is 0 Å². The maximum Gasteiger partial charge on any atom is 0.356 e. The number of carbonyl (C=O) groups is 2. The van der Waals surface area contributed by atoms with Gasteiger partial charge in [-0.1, -0.05) is 32.9 Å². The van der Waals surface area contributed by atoms with E-state index < -0.39 is 11.9 Å². The molecule has 2 N–H and O–H groups in total. The minimum atomic E-state index is -1.21. The molecule has 126 valence electrons. The SMILES string of the molecule is CC(C)(C)C(NC(=O)c1cnc(C(=O)O)cn1)c1ccc(F)cc1. The van der Waals surface area contributed by atoms with Crippen LogP contribution in [0.4, 0.5) is 4.39 Å². The van der Waals surface area contributed by atoms with Crippen LogP contribution in [0.1, 0.15) is 53.4 Å². The maximum absolute atomic E-state index is 13.1. The lowest BCUT2D eigenvalue weighted by Crippen LogP contribution is -2.37. The topological polar surface area (TPSA) is 92.2 Å². The second kappa shape index (κ2) is 6.74. The summed E-state index contributed by atoms with van der Waals surface area (Å²) in [4.78, 5) is 30.7. The number of hydrogen-bond donors (Lipinski definition) is 2. The molecule has 1 aromatic carbocycles. The number of nitrogens with one attached hydrogen (secondary N) is 1. The molecule has 7 heteroatoms. The monoisotopic (exact) mass is 331 g/mol. The zero-order chi connectivity index (χ0) is 17.9. The zero-order valence-corrected chi connectivity index (χ0v) is 13.6. The Morgan fingerprint density at radius 2 is 1.62 bits per heavy atom. The average Bonchev–Trinajstić information content (AvgIpc) is 2.52. The molecule has 6 nitrogen and oxygen atoms in total. The van der Waals surface area contributed by atoms with Crippen molar-refractivity contribution < 1.29 is 19.1 Å². The highest BCUT2D eigenvalue weighted by Gasteiger charge is 2.28. The van der Waals surface area contributed by atoms with Gasteiger partial charge in [0.15, 0.2) is 5.69 Å². The first-order chi connectivity index (χ1) is 11.2. The largest absolute Gasteiger partial charge is 0.476 e. The van der Waals surface area contributed by atoms with Crippen molar-refractivity contribution in [1.82, 2.24) is 15.3 Å². The van der Waals surface area contributed by atoms with Crippen LogP contribution in [0.2, 0.25) is 0 Å². The Kier molecular flexibility index (Phi) is 4.92. The summed E-state index contributed by atoms with van der Waals surface area (Å²) in [7, 11) is 0. The maximum atomic E-state index is 13.1. The number of carboxylic acid groups (broad SMARTS) is 1. The minimum absolute atomic E-state index is 0.0105. The average molecular weight is 331 g/mol. The Labute approximate surface area is 138 Å². The van der Waals surface area contributed by atoms with Gasteiger partial charge in [0.05, 0.1) is 18.4 Å². The molecule has 1 aromatic heterocycles. The van der Waals surface area contributed by atoms with Crippen molar-refractivity contribution in [3.63, 3.8) is 0 Å². The van der Waals surface area contributed by atoms with Gasteiger partial charge < -0.3 is 10.4 Å². The van der Waals surface area contributed by atoms with Crippen LogP contribution >= 0.6 is 0 Å². The number of halogens is 1. The van der Waals surface area contributed by atoms with Crippen LogP contribution in [0.15, 0.2) is 36.7 Å². The van der Waals surface area contributed by atoms with Gasteiger partial charge in [-0.05, 0) is 23.1 Å². The summed E-state index contributed by atoms with van der Waals surface area (Å²) in [5.41, 5.74) is 0.197. The highest BCUT2D eigenvalue weighted by molar-refractivity contribution is 5.93. The molecule has 1 atom stereocenters. The fourth-order valence-electron chi connectivity index (χ4n) is 2.22. The Hall–Kier alpha value is -2.83. The van der Waals surface area contributed by atoms with Gasteiger partial charge in [0, 0.05) is 0 Å². The highest BCUT2D eigenvalue weighted by atomic mass is 19.1. The molecule has 1 amide bonds. The molecule has 1 heterocycles. The summed E-state index contributed by atoms with van der Waals surface area (Å²) in [6, 6.07) is 5.52. The predicted octanol–water partition coefficient (Wildman–Crippen LogP) is 2.83. The third-order valence-corrected chi connectivity index (χ3v) is 3.45. The molecule has 0 saturated heterocycles. The number of aromatic carboxylic acids is 1. The number of carbonyl (C=O) groups excluding carboxylic acids is 1. The number of amides is 1. The number of carboxylic acids is 1. The summed E-state index contributed by atoms with van der Waals surface area (Å²) in [5, 5.41) is 11.7. The molecule has 0 radical (unpaired) electrons. The number of rotatable bonds is 4. The molecule has 0 aliphatic rings. The van der Waals surface area contributed by atoms with Crippen LogP contribution in [0.25, 0.3) is 0 Å². The number of hydrogen-bond acceptors (Lipinski definition) is 4. The number of benzene rings is 1. The van der Waals surface area contributed by atoms with E-state index in [2.05, 4.69) is 15.3 Å². The van der Waals surface area contributed by atoms with Crippen LogP contribution in [0.5, 0.6) is 0 Å². The summed E-state index contributed by atoms with van der Waals surface area (Å²) >= 11 is 0. The van der Waals surface area contributed by atoms with Gasteiger partial charge in [-0.15, -0.1) is 0 Å². The molecule has 0 fully saturated rings. The summed E-state index contributed by atoms with van der Waals surface area (Å²) in [6.45, 7) is 5.83. The van der Waals surface area contributed by atoms with E-state index in [1.54, 1.807) is 12.1 Å². The van der Waals surface area contributed by atoms with E-state index in [0.29, 0.717) is 0 Å². The number of nitrogens with zero attached hydrogens (tertiary/aromatic N) is 2. The summed E-state index contributed by atoms with van der Waals surface area (Å²) < 4.78 is 13.1. The van der Waals surface area contributed by atoms with Crippen molar-refractivity contribution >= 4 is 11.9 Å². The molecular formula is C17H18FN3O3. The first kappa shape index (κ1) is 17.5. The Bertz CT molecular complexity index is 737. The van der Waals surface area contributed by atoms with Crippen molar-refractivity contribution in [1.29, 1.82) is 0 Å². The second-order valence-corrected chi connectivity index (χ2v) is 6.42. The van der Waals surface area contributed by atoms with E-state index >= 15 is 0 Å². The Morgan fingerprint density at radius 3 is 2.08 bits per heavy atom. The van der Waals surface area contributed by atoms with Gasteiger partial charge in [-0.2, -0.15) is 0 Å². The normalized spacial score (nSPS) is 12.5. The number of aromatic nitrogens is 2. The molecular weight excluding hydrogens is 313 g/mol. The molecule has 1 unspecified atom stereocenters. The first-order valence-electron chi connectivity index (χ1n) is 7.30. The van der Waals surface area contributed by atoms with Crippen LogP contribution in [-0.2, 0) is 0 Å². The molecule has 24 heavy (non-hydrogen) atoms. The summed E-state index contributed by atoms with van der Waals surface area (Å²) in [6.07, 6.45) is 2.14. The lowest BCUT2D eigenvalue weighted by molar-refractivity contribution is 0.0688. The third kappa shape index (κ3) is 4.13. The molecule has 2 rings (SSSR count). The van der Waals surface area contributed by atoms with E-state index in [9.17, 15) is 14.0 Å². The second-order valence-electron chi connectivity index (χ2n) is 6.42. The Morgan fingerprint density at radius 1 is 1.08 bits per heavy atom. The molecule has 0 bridgehead atoms. The lowest BCUT2D eigenvalue weighted by Gasteiger charge is -2.31. The molecule has 0 saturated carbocycles. The van der Waals surface area contributed by atoms with E-state index in [-0.39, 0.29) is 28.7 Å². The van der Waals surface area contributed by atoms with Crippen LogP contribution < -0.4 is 5.32 Å². The van der Waals surface area contributed by atoms with E-state index in [4.69, 9.17) is 5.11 Å². The third-order valence-electron chi connectivity index (χ3n) is 3.45. The molecule has 0 spiro atoms. The van der Waals surface area contributed by atoms with Crippen molar-refractivity contribution in [2.24, 2.45) is 5.41 Å². The van der Waals surface area contributed by atoms with Gasteiger partial charge in [-0.3, -0.25) is 4.79 Å². The van der Waals surface area contributed by atoms with Crippen LogP contribution in [0.3, 0.4) is 0 Å². The lowest BCUT2D eigenvalue weighted by atomic mass is 9.82. The fraction of sp³-hybridized carbons (Fsp3) is 0.294. The van der Waals surface area contributed by atoms with Crippen molar-refractivity contribution in [3.05, 3.63) is 59.4 Å². The first-order valence-corrected chi connectivity index (χ1v) is 7.30. The van der Waals surface area contributed by atoms with Crippen molar-refractivity contribution in [2.45, 2.75) is 26.8 Å². The smallest absolute Gasteiger partial charge is 0.356 e. The predicted molar refractivity (Wildman–Crippen MR) is 85.1 cm³/mol. The van der Waals surface area contributed by atoms with Gasteiger partial charge in [0.1, 0.15) is 11.5 Å². The standard InChI is InChI=1S/C17H18FN3O3/c1-17(2,3)14(10-4-6-11(18)7-5-10)21-15(22)12-8-20-13(9-19-12)16(23)24/h4-9,14H,1-3H3,(H,21,22)(H,23,24). The highest BCUT2D eigenvalue weighted by Crippen LogP contribution is 2.33.